The van der Waals surface area contributed by atoms with Crippen LogP contribution in [0.1, 0.15) is 12.5 Å². The molecule has 0 amide bonds. The number of rotatable bonds is 9. The molecule has 0 saturated heterocycles. The number of anilines is 1. The third-order valence-corrected chi connectivity index (χ3v) is 4.58. The minimum atomic E-state index is -2.49. The Hall–Kier alpha value is -3.07. The lowest BCUT2D eigenvalue weighted by Crippen LogP contribution is -2.28. The average molecular weight is 419 g/mol. The molecule has 6 nitrogen and oxygen atoms in total. The fourth-order valence-corrected chi connectivity index (χ4v) is 3.04. The molecule has 0 aliphatic heterocycles. The molecule has 0 spiro atoms. The molecule has 0 unspecified atom stereocenters. The van der Waals surface area contributed by atoms with Crippen LogP contribution in [-0.4, -0.2) is 40.8 Å². The minimum absolute atomic E-state index is 0.250. The maximum Gasteiger partial charge on any atom is 0.255 e. The monoisotopic (exact) mass is 419 g/mol. The van der Waals surface area contributed by atoms with Gasteiger partial charge in [-0.1, -0.05) is 6.07 Å². The van der Waals surface area contributed by atoms with Gasteiger partial charge in [-0.25, -0.2) is 17.9 Å². The van der Waals surface area contributed by atoms with E-state index in [4.69, 9.17) is 10.5 Å². The van der Waals surface area contributed by atoms with E-state index < -0.39 is 18.8 Å². The van der Waals surface area contributed by atoms with Gasteiger partial charge in [-0.2, -0.15) is 5.10 Å². The van der Waals surface area contributed by atoms with Crippen molar-refractivity contribution in [3.8, 4) is 22.9 Å². The second-order valence-corrected chi connectivity index (χ2v) is 6.73. The highest BCUT2D eigenvalue weighted by molar-refractivity contribution is 5.67. The number of benzene rings is 1. The van der Waals surface area contributed by atoms with Crippen LogP contribution in [0.25, 0.3) is 11.3 Å². The first-order chi connectivity index (χ1) is 14.4. The molecule has 0 atom stereocenters. The zero-order valence-electron chi connectivity index (χ0n) is 16.9. The van der Waals surface area contributed by atoms with Crippen molar-refractivity contribution in [3.63, 3.8) is 0 Å². The van der Waals surface area contributed by atoms with Gasteiger partial charge in [0.05, 0.1) is 12.2 Å². The van der Waals surface area contributed by atoms with E-state index in [0.29, 0.717) is 42.5 Å². The van der Waals surface area contributed by atoms with Crippen molar-refractivity contribution >= 4 is 5.82 Å². The Morgan fingerprint density at radius 3 is 2.63 bits per heavy atom. The van der Waals surface area contributed by atoms with E-state index in [9.17, 15) is 13.2 Å². The highest BCUT2D eigenvalue weighted by atomic mass is 19.3. The van der Waals surface area contributed by atoms with E-state index in [0.717, 1.165) is 5.56 Å². The van der Waals surface area contributed by atoms with Crippen molar-refractivity contribution < 1.29 is 17.9 Å². The predicted octanol–water partition coefficient (Wildman–Crippen LogP) is 4.01. The van der Waals surface area contributed by atoms with Gasteiger partial charge in [0.1, 0.15) is 11.6 Å². The molecule has 160 valence electrons. The summed E-state index contributed by atoms with van der Waals surface area (Å²) < 4.78 is 46.9. The topological polar surface area (TPSA) is 69.2 Å². The average Bonchev–Trinajstić information content (AvgIpc) is 3.07. The van der Waals surface area contributed by atoms with Gasteiger partial charge in [0.2, 0.25) is 5.88 Å². The Bertz CT molecular complexity index is 975. The zero-order chi connectivity index (χ0) is 21.7. The Balaban J connectivity index is 1.91. The van der Waals surface area contributed by atoms with Gasteiger partial charge in [0, 0.05) is 37.5 Å². The Kier molecular flexibility index (Phi) is 6.94. The fraction of sp³-hybridized carbons (Fsp3) is 0.333. The smallest absolute Gasteiger partial charge is 0.255 e. The lowest BCUT2D eigenvalue weighted by atomic mass is 10.1. The number of pyridine rings is 1. The van der Waals surface area contributed by atoms with Crippen molar-refractivity contribution in [2.75, 3.05) is 24.5 Å². The molecule has 3 rings (SSSR count). The van der Waals surface area contributed by atoms with Gasteiger partial charge in [0.15, 0.2) is 5.82 Å². The van der Waals surface area contributed by atoms with Crippen molar-refractivity contribution in [3.05, 3.63) is 54.0 Å². The van der Waals surface area contributed by atoms with Crippen LogP contribution in [0, 0.1) is 5.82 Å². The molecule has 2 aromatic heterocycles. The second kappa shape index (κ2) is 9.62. The largest absolute Gasteiger partial charge is 0.438 e. The number of halogens is 3. The van der Waals surface area contributed by atoms with Gasteiger partial charge < -0.3 is 15.4 Å². The first-order valence-electron chi connectivity index (χ1n) is 9.61. The molecule has 0 saturated carbocycles. The molecule has 30 heavy (non-hydrogen) atoms. The molecule has 9 heteroatoms. The third kappa shape index (κ3) is 5.10. The molecule has 0 aliphatic carbocycles. The van der Waals surface area contributed by atoms with E-state index in [2.05, 4.69) is 10.1 Å². The van der Waals surface area contributed by atoms with Crippen LogP contribution in [-0.2, 0) is 13.5 Å². The first-order valence-corrected chi connectivity index (χ1v) is 9.61. The molecule has 2 heterocycles. The van der Waals surface area contributed by atoms with E-state index in [1.54, 1.807) is 32.3 Å². The summed E-state index contributed by atoms with van der Waals surface area (Å²) in [5, 5.41) is 4.25. The molecular weight excluding hydrogens is 395 g/mol. The number of nitrogens with two attached hydrogens (primary N) is 1. The lowest BCUT2D eigenvalue weighted by Gasteiger charge is -2.18. The maximum absolute atomic E-state index is 13.9. The molecule has 2 N–H and O–H groups in total. The Morgan fingerprint density at radius 1 is 1.20 bits per heavy atom. The minimum Gasteiger partial charge on any atom is -0.438 e. The number of aryl methyl sites for hydroxylation is 1. The lowest BCUT2D eigenvalue weighted by molar-refractivity contribution is 0.155. The Morgan fingerprint density at radius 2 is 2.00 bits per heavy atom. The van der Waals surface area contributed by atoms with E-state index >= 15 is 0 Å². The quantitative estimate of drug-likeness (QED) is 0.568. The molecule has 1 aromatic carbocycles. The fourth-order valence-electron chi connectivity index (χ4n) is 3.04. The number of ether oxygens (including phenoxy) is 1. The number of hydrogen-bond donors (Lipinski definition) is 1. The zero-order valence-corrected chi connectivity index (χ0v) is 16.9. The van der Waals surface area contributed by atoms with Gasteiger partial charge in [-0.3, -0.25) is 4.98 Å². The summed E-state index contributed by atoms with van der Waals surface area (Å²) in [7, 11) is 1.63. The summed E-state index contributed by atoms with van der Waals surface area (Å²) in [5.41, 5.74) is 7.78. The van der Waals surface area contributed by atoms with Crippen LogP contribution in [0.15, 0.2) is 42.6 Å². The summed E-state index contributed by atoms with van der Waals surface area (Å²) in [4.78, 5) is 5.88. The summed E-state index contributed by atoms with van der Waals surface area (Å²) in [6.45, 7) is 2.22. The van der Waals surface area contributed by atoms with Crippen molar-refractivity contribution in [1.29, 1.82) is 0 Å². The molecule has 0 radical (unpaired) electrons. The molecule has 3 aromatic rings. The normalized spacial score (nSPS) is 11.2. The van der Waals surface area contributed by atoms with Gasteiger partial charge in [0.25, 0.3) is 6.43 Å². The van der Waals surface area contributed by atoms with Crippen LogP contribution in [0.2, 0.25) is 0 Å². The van der Waals surface area contributed by atoms with Gasteiger partial charge in [-0.15, -0.1) is 0 Å². The first kappa shape index (κ1) is 21.6. The summed E-state index contributed by atoms with van der Waals surface area (Å²) in [6.07, 6.45) is -0.0507. The SMILES string of the molecule is CCN(CC(F)F)c1cc(Oc2cc(F)ccc2-c2ccc(CCN)cn2)n(C)n1. The van der Waals surface area contributed by atoms with Crippen LogP contribution >= 0.6 is 0 Å². The third-order valence-electron chi connectivity index (χ3n) is 4.58. The highest BCUT2D eigenvalue weighted by Gasteiger charge is 2.18. The predicted molar refractivity (Wildman–Crippen MR) is 110 cm³/mol. The van der Waals surface area contributed by atoms with Crippen LogP contribution < -0.4 is 15.4 Å². The van der Waals surface area contributed by atoms with E-state index in [1.165, 1.54) is 21.7 Å². The van der Waals surface area contributed by atoms with Crippen molar-refractivity contribution in [1.82, 2.24) is 14.8 Å². The van der Waals surface area contributed by atoms with Crippen LogP contribution in [0.3, 0.4) is 0 Å². The molecule has 0 aliphatic rings. The van der Waals surface area contributed by atoms with E-state index in [-0.39, 0.29) is 5.75 Å². The standard InChI is InChI=1S/C21H24F3N5O/c1-3-29(13-19(23)24)20-11-21(28(2)27-20)30-18-10-15(22)5-6-16(18)17-7-4-14(8-9-25)12-26-17/h4-7,10-12,19H,3,8-9,13,25H2,1-2H3. The molecule has 0 bridgehead atoms. The molecule has 0 fully saturated rings. The number of alkyl halides is 2. The maximum atomic E-state index is 13.9. The Labute approximate surface area is 173 Å². The van der Waals surface area contributed by atoms with Crippen LogP contribution in [0.4, 0.5) is 19.0 Å². The summed E-state index contributed by atoms with van der Waals surface area (Å²) in [5.74, 6) is 0.436. The van der Waals surface area contributed by atoms with E-state index in [1.807, 2.05) is 12.1 Å². The second-order valence-electron chi connectivity index (χ2n) is 6.73. The van der Waals surface area contributed by atoms with Crippen LogP contribution in [0.5, 0.6) is 11.6 Å². The number of nitrogens with zero attached hydrogens (tertiary/aromatic N) is 4. The molecular formula is C21H24F3N5O. The van der Waals surface area contributed by atoms with Gasteiger partial charge in [-0.05, 0) is 43.7 Å². The number of aromatic nitrogens is 3. The highest BCUT2D eigenvalue weighted by Crippen LogP contribution is 2.34. The summed E-state index contributed by atoms with van der Waals surface area (Å²) >= 11 is 0. The van der Waals surface area contributed by atoms with Gasteiger partial charge >= 0.3 is 0 Å². The van der Waals surface area contributed by atoms with Crippen molar-refractivity contribution in [2.24, 2.45) is 12.8 Å². The summed E-state index contributed by atoms with van der Waals surface area (Å²) in [6, 6.07) is 9.46. The number of hydrogen-bond acceptors (Lipinski definition) is 5. The van der Waals surface area contributed by atoms with Crippen molar-refractivity contribution in [2.45, 2.75) is 19.8 Å².